The summed E-state index contributed by atoms with van der Waals surface area (Å²) in [5.41, 5.74) is 0. The first-order chi connectivity index (χ1) is 9.56. The fourth-order valence-corrected chi connectivity index (χ4v) is 1.95. The van der Waals surface area contributed by atoms with E-state index in [2.05, 4.69) is 16.6 Å². The lowest BCUT2D eigenvalue weighted by Crippen LogP contribution is -2.29. The van der Waals surface area contributed by atoms with Crippen LogP contribution in [0, 0.1) is 0 Å². The average molecular weight is 305 g/mol. The minimum Gasteiger partial charge on any atom is -0.461 e. The summed E-state index contributed by atoms with van der Waals surface area (Å²) in [6.45, 7) is 6.38. The molecule has 7 nitrogen and oxygen atoms in total. The predicted molar refractivity (Wildman–Crippen MR) is 76.0 cm³/mol. The summed E-state index contributed by atoms with van der Waals surface area (Å²) in [6.07, 6.45) is 1.29. The van der Waals surface area contributed by atoms with Crippen molar-refractivity contribution in [1.29, 1.82) is 0 Å². The summed E-state index contributed by atoms with van der Waals surface area (Å²) < 4.78 is 14.7. The van der Waals surface area contributed by atoms with E-state index in [0.29, 0.717) is 13.2 Å². The number of esters is 1. The number of alkyl carbamates (subject to hydrolysis) is 1. The number of rotatable bonds is 11. The molecular weight excluding hydrogens is 282 g/mol. The summed E-state index contributed by atoms with van der Waals surface area (Å²) in [4.78, 5) is 31.0. The Hall–Kier alpha value is -1.38. The van der Waals surface area contributed by atoms with E-state index in [9.17, 15) is 9.59 Å². The molecule has 0 radical (unpaired) electrons. The fraction of sp³-hybridized carbons (Fsp3) is 0.667. The van der Waals surface area contributed by atoms with Crippen molar-refractivity contribution in [2.45, 2.75) is 19.0 Å². The minimum absolute atomic E-state index is 0.0691. The number of carbonyl (C=O) groups excluding carboxylic acids is 2. The van der Waals surface area contributed by atoms with Crippen molar-refractivity contribution in [2.75, 3.05) is 33.0 Å². The van der Waals surface area contributed by atoms with Gasteiger partial charge in [-0.1, -0.05) is 6.58 Å². The Kier molecular flexibility index (Phi) is 11.8. The highest BCUT2D eigenvalue weighted by molar-refractivity contribution is 6.48. The molecule has 0 rings (SSSR count). The lowest BCUT2D eigenvalue weighted by molar-refractivity contribution is -0.137. The Balaban J connectivity index is 3.28. The summed E-state index contributed by atoms with van der Waals surface area (Å²) in [5, 5.41) is 2.42. The van der Waals surface area contributed by atoms with Gasteiger partial charge >= 0.3 is 12.1 Å². The van der Waals surface area contributed by atoms with Crippen LogP contribution in [0.3, 0.4) is 0 Å². The molecule has 0 aliphatic rings. The molecule has 0 aromatic heterocycles. The zero-order valence-electron chi connectivity index (χ0n) is 11.8. The Bertz CT molecular complexity index is 298. The van der Waals surface area contributed by atoms with Gasteiger partial charge in [-0.15, -0.1) is 0 Å². The number of ether oxygens (including phenoxy) is 3. The lowest BCUT2D eigenvalue weighted by Gasteiger charge is -2.08. The van der Waals surface area contributed by atoms with E-state index in [1.807, 2.05) is 6.55 Å². The van der Waals surface area contributed by atoms with Crippen molar-refractivity contribution in [3.05, 3.63) is 12.7 Å². The van der Waals surface area contributed by atoms with Crippen LogP contribution in [0.4, 0.5) is 4.79 Å². The SMILES string of the molecule is C=CC(=O)OCCNC(=O)OCCOCCC[SiH](C)O. The van der Waals surface area contributed by atoms with E-state index < -0.39 is 21.1 Å². The lowest BCUT2D eigenvalue weighted by atomic mass is 10.5. The maximum absolute atomic E-state index is 11.2. The Morgan fingerprint density at radius 3 is 2.65 bits per heavy atom. The van der Waals surface area contributed by atoms with Crippen LogP contribution in [0.25, 0.3) is 0 Å². The molecular formula is C12H23NO6Si. The van der Waals surface area contributed by atoms with E-state index in [0.717, 1.165) is 18.5 Å². The van der Waals surface area contributed by atoms with E-state index in [-0.39, 0.29) is 19.8 Å². The second-order valence-corrected chi connectivity index (χ2v) is 6.31. The second-order valence-electron chi connectivity index (χ2n) is 4.04. The highest BCUT2D eigenvalue weighted by atomic mass is 28.3. The highest BCUT2D eigenvalue weighted by Crippen LogP contribution is 1.94. The Morgan fingerprint density at radius 2 is 2.00 bits per heavy atom. The average Bonchev–Trinajstić information content (AvgIpc) is 2.41. The monoisotopic (exact) mass is 305 g/mol. The summed E-state index contributed by atoms with van der Waals surface area (Å²) in [7, 11) is -1.49. The zero-order valence-corrected chi connectivity index (χ0v) is 13.0. The standard InChI is InChI=1S/C12H23NO6Si/c1-3-11(14)18-7-5-13-12(15)19-9-8-17-6-4-10-20(2)16/h3,16,20H,1,4-10H2,2H3,(H,13,15). The maximum atomic E-state index is 11.2. The van der Waals surface area contributed by atoms with E-state index in [1.165, 1.54) is 0 Å². The highest BCUT2D eigenvalue weighted by Gasteiger charge is 2.02. The molecule has 1 unspecified atom stereocenters. The minimum atomic E-state index is -1.49. The second kappa shape index (κ2) is 12.6. The molecule has 0 aliphatic heterocycles. The van der Waals surface area contributed by atoms with Gasteiger partial charge in [0.15, 0.2) is 9.04 Å². The van der Waals surface area contributed by atoms with Gasteiger partial charge in [-0.05, 0) is 19.0 Å². The largest absolute Gasteiger partial charge is 0.461 e. The van der Waals surface area contributed by atoms with Gasteiger partial charge in [0.2, 0.25) is 0 Å². The van der Waals surface area contributed by atoms with Gasteiger partial charge in [0, 0.05) is 12.7 Å². The summed E-state index contributed by atoms with van der Waals surface area (Å²) >= 11 is 0. The molecule has 1 amide bonds. The van der Waals surface area contributed by atoms with Gasteiger partial charge in [0.05, 0.1) is 13.2 Å². The van der Waals surface area contributed by atoms with E-state index >= 15 is 0 Å². The van der Waals surface area contributed by atoms with Crippen LogP contribution >= 0.6 is 0 Å². The van der Waals surface area contributed by atoms with Crippen molar-refractivity contribution < 1.29 is 28.6 Å². The quantitative estimate of drug-likeness (QED) is 0.245. The number of hydrogen-bond donors (Lipinski definition) is 2. The molecule has 20 heavy (non-hydrogen) atoms. The van der Waals surface area contributed by atoms with Crippen LogP contribution in [0.2, 0.25) is 12.6 Å². The van der Waals surface area contributed by atoms with Gasteiger partial charge in [-0.3, -0.25) is 0 Å². The van der Waals surface area contributed by atoms with Crippen molar-refractivity contribution in [1.82, 2.24) is 5.32 Å². The van der Waals surface area contributed by atoms with Gasteiger partial charge in [-0.2, -0.15) is 0 Å². The molecule has 0 aromatic carbocycles. The van der Waals surface area contributed by atoms with Crippen LogP contribution < -0.4 is 5.32 Å². The first kappa shape index (κ1) is 18.6. The smallest absolute Gasteiger partial charge is 0.407 e. The molecule has 1 atom stereocenters. The fourth-order valence-electron chi connectivity index (χ4n) is 1.19. The van der Waals surface area contributed by atoms with E-state index in [1.54, 1.807) is 0 Å². The molecule has 0 fully saturated rings. The van der Waals surface area contributed by atoms with Gasteiger partial charge in [0.1, 0.15) is 13.2 Å². The maximum Gasteiger partial charge on any atom is 0.407 e. The molecule has 0 aliphatic carbocycles. The van der Waals surface area contributed by atoms with Crippen LogP contribution in [0.1, 0.15) is 6.42 Å². The molecule has 8 heteroatoms. The molecule has 0 heterocycles. The first-order valence-electron chi connectivity index (χ1n) is 6.52. The molecule has 0 aromatic rings. The topological polar surface area (TPSA) is 94.1 Å². The molecule has 0 spiro atoms. The third-order valence-corrected chi connectivity index (χ3v) is 3.40. The molecule has 116 valence electrons. The Labute approximate surface area is 120 Å². The van der Waals surface area contributed by atoms with Gasteiger partial charge in [0.25, 0.3) is 0 Å². The molecule has 0 saturated carbocycles. The first-order valence-corrected chi connectivity index (χ1v) is 9.00. The van der Waals surface area contributed by atoms with Crippen molar-refractivity contribution in [3.63, 3.8) is 0 Å². The molecule has 2 N–H and O–H groups in total. The van der Waals surface area contributed by atoms with Crippen LogP contribution in [0.15, 0.2) is 12.7 Å². The molecule has 0 bridgehead atoms. The third kappa shape index (κ3) is 13.1. The zero-order chi connectivity index (χ0) is 15.2. The van der Waals surface area contributed by atoms with Crippen molar-refractivity contribution in [3.8, 4) is 0 Å². The normalized spacial score (nSPS) is 11.5. The van der Waals surface area contributed by atoms with Crippen LogP contribution in [-0.2, 0) is 19.0 Å². The number of hydrogen-bond acceptors (Lipinski definition) is 6. The summed E-state index contributed by atoms with van der Waals surface area (Å²) in [6, 6.07) is 0.824. The number of amides is 1. The van der Waals surface area contributed by atoms with Gasteiger partial charge in [-0.25, -0.2) is 9.59 Å². The number of nitrogens with one attached hydrogen (secondary N) is 1. The van der Waals surface area contributed by atoms with Crippen molar-refractivity contribution >= 4 is 21.1 Å². The van der Waals surface area contributed by atoms with Crippen LogP contribution in [0.5, 0.6) is 0 Å². The number of carbonyl (C=O) groups is 2. The Morgan fingerprint density at radius 1 is 1.25 bits per heavy atom. The van der Waals surface area contributed by atoms with Crippen molar-refractivity contribution in [2.24, 2.45) is 0 Å². The van der Waals surface area contributed by atoms with Crippen LogP contribution in [-0.4, -0.2) is 58.9 Å². The third-order valence-electron chi connectivity index (χ3n) is 2.15. The van der Waals surface area contributed by atoms with E-state index in [4.69, 9.17) is 14.3 Å². The summed E-state index contributed by atoms with van der Waals surface area (Å²) in [5.74, 6) is -0.533. The molecule has 0 saturated heterocycles. The van der Waals surface area contributed by atoms with Gasteiger partial charge < -0.3 is 24.3 Å². The predicted octanol–water partition coefficient (Wildman–Crippen LogP) is 0.194.